The molecule has 4 rings (SSSR count). The minimum atomic E-state index is -3.55. The van der Waals surface area contributed by atoms with E-state index in [4.69, 9.17) is 14.2 Å². The Kier molecular flexibility index (Phi) is 5.32. The summed E-state index contributed by atoms with van der Waals surface area (Å²) in [5.41, 5.74) is 1.50. The molecule has 1 aliphatic heterocycles. The second-order valence-electron chi connectivity index (χ2n) is 6.85. The van der Waals surface area contributed by atoms with Crippen LogP contribution in [0, 0.1) is 0 Å². The fourth-order valence-electron chi connectivity index (χ4n) is 3.43. The third kappa shape index (κ3) is 3.81. The first-order chi connectivity index (χ1) is 14.9. The minimum Gasteiger partial charge on any atom is -0.497 e. The van der Waals surface area contributed by atoms with E-state index in [-0.39, 0.29) is 28.8 Å². The summed E-state index contributed by atoms with van der Waals surface area (Å²) in [5.74, 6) is 1.07. The van der Waals surface area contributed by atoms with E-state index in [0.29, 0.717) is 28.5 Å². The van der Waals surface area contributed by atoms with Crippen LogP contribution in [-0.4, -0.2) is 51.0 Å². The van der Waals surface area contributed by atoms with E-state index in [0.717, 1.165) is 0 Å². The molecule has 1 amide bonds. The minimum absolute atomic E-state index is 0.0918. The molecule has 3 aromatic rings. The van der Waals surface area contributed by atoms with E-state index < -0.39 is 15.7 Å². The molecule has 1 N–H and O–H groups in total. The van der Waals surface area contributed by atoms with Gasteiger partial charge in [0.25, 0.3) is 5.91 Å². The molecule has 0 unspecified atom stereocenters. The zero-order chi connectivity index (χ0) is 22.2. The molecule has 0 fully saturated rings. The molecule has 0 atom stereocenters. The summed E-state index contributed by atoms with van der Waals surface area (Å²) in [7, 11) is 1.02. The van der Waals surface area contributed by atoms with E-state index in [1.165, 1.54) is 18.8 Å². The fourth-order valence-corrected chi connectivity index (χ4v) is 4.78. The van der Waals surface area contributed by atoms with E-state index in [2.05, 4.69) is 10.3 Å². The maximum atomic E-state index is 13.3. The van der Waals surface area contributed by atoms with Gasteiger partial charge in [0.15, 0.2) is 0 Å². The number of nitrogens with one attached hydrogen (secondary N) is 1. The Morgan fingerprint density at radius 2 is 1.58 bits per heavy atom. The van der Waals surface area contributed by atoms with Gasteiger partial charge in [-0.05, 0) is 24.3 Å². The second-order valence-corrected chi connectivity index (χ2v) is 8.85. The zero-order valence-corrected chi connectivity index (χ0v) is 18.0. The predicted octanol–water partition coefficient (Wildman–Crippen LogP) is 2.62. The summed E-state index contributed by atoms with van der Waals surface area (Å²) in [6, 6.07) is 11.9. The maximum absolute atomic E-state index is 13.3. The number of ether oxygens (including phenoxy) is 3. The number of hydrogen-bond donors (Lipinski definition) is 1. The van der Waals surface area contributed by atoms with Gasteiger partial charge in [-0.15, -0.1) is 0 Å². The van der Waals surface area contributed by atoms with Gasteiger partial charge >= 0.3 is 0 Å². The van der Waals surface area contributed by atoms with Gasteiger partial charge in [0, 0.05) is 36.0 Å². The Hall–Kier alpha value is -3.53. The number of sulfone groups is 1. The molecule has 0 radical (unpaired) electrons. The van der Waals surface area contributed by atoms with Gasteiger partial charge in [0.05, 0.1) is 27.1 Å². The number of aromatic nitrogens is 2. The van der Waals surface area contributed by atoms with Crippen LogP contribution in [0.3, 0.4) is 0 Å². The molecule has 1 aromatic heterocycles. The van der Waals surface area contributed by atoms with Crippen LogP contribution in [0.1, 0.15) is 10.5 Å². The Labute approximate surface area is 179 Å². The van der Waals surface area contributed by atoms with Crippen LogP contribution in [0.4, 0.5) is 5.69 Å². The molecule has 10 heteroatoms. The highest BCUT2D eigenvalue weighted by atomic mass is 32.2. The lowest BCUT2D eigenvalue weighted by molar-refractivity contribution is 0.101. The van der Waals surface area contributed by atoms with Crippen LogP contribution in [0.25, 0.3) is 11.3 Å². The van der Waals surface area contributed by atoms with E-state index in [9.17, 15) is 13.2 Å². The average Bonchev–Trinajstić information content (AvgIpc) is 3.30. The fraction of sp³-hybridized carbons (Fsp3) is 0.238. The van der Waals surface area contributed by atoms with Crippen molar-refractivity contribution in [2.45, 2.75) is 11.7 Å². The van der Waals surface area contributed by atoms with Gasteiger partial charge in [-0.2, -0.15) is 0 Å². The van der Waals surface area contributed by atoms with Crippen molar-refractivity contribution in [3.63, 3.8) is 0 Å². The van der Waals surface area contributed by atoms with Gasteiger partial charge in [-0.25, -0.2) is 13.4 Å². The number of fused-ring (bicyclic) bond motifs is 1. The van der Waals surface area contributed by atoms with Crippen molar-refractivity contribution in [2.24, 2.45) is 0 Å². The lowest BCUT2D eigenvalue weighted by Gasteiger charge is -2.12. The van der Waals surface area contributed by atoms with Crippen LogP contribution < -0.4 is 19.5 Å². The maximum Gasteiger partial charge on any atom is 0.274 e. The Morgan fingerprint density at radius 1 is 0.968 bits per heavy atom. The number of amides is 1. The van der Waals surface area contributed by atoms with Crippen LogP contribution in [-0.2, 0) is 16.4 Å². The highest BCUT2D eigenvalue weighted by Crippen LogP contribution is 2.32. The number of nitrogens with zero attached hydrogens (tertiary/aromatic N) is 2. The number of carbonyl (C=O) groups is 1. The van der Waals surface area contributed by atoms with Crippen LogP contribution >= 0.6 is 0 Å². The van der Waals surface area contributed by atoms with Gasteiger partial charge in [-0.1, -0.05) is 0 Å². The van der Waals surface area contributed by atoms with Crippen molar-refractivity contribution in [1.29, 1.82) is 0 Å². The van der Waals surface area contributed by atoms with Crippen LogP contribution in [0.15, 0.2) is 47.6 Å². The molecular weight excluding hydrogens is 422 g/mol. The summed E-state index contributed by atoms with van der Waals surface area (Å²) in [6.07, 6.45) is 0. The van der Waals surface area contributed by atoms with E-state index in [1.54, 1.807) is 49.6 Å². The van der Waals surface area contributed by atoms with Gasteiger partial charge < -0.3 is 24.1 Å². The first kappa shape index (κ1) is 20.7. The Morgan fingerprint density at radius 3 is 2.16 bits per heavy atom. The largest absolute Gasteiger partial charge is 0.497 e. The number of carbonyl (C=O) groups excluding carboxylic acids is 1. The normalized spacial score (nSPS) is 14.0. The van der Waals surface area contributed by atoms with Crippen molar-refractivity contribution < 1.29 is 27.4 Å². The Bertz CT molecular complexity index is 1230. The molecule has 9 nitrogen and oxygen atoms in total. The van der Waals surface area contributed by atoms with Crippen LogP contribution in [0.2, 0.25) is 0 Å². The summed E-state index contributed by atoms with van der Waals surface area (Å²) in [5, 5.41) is 2.70. The van der Waals surface area contributed by atoms with Gasteiger partial charge in [-0.3, -0.25) is 4.79 Å². The van der Waals surface area contributed by atoms with E-state index >= 15 is 0 Å². The molecule has 2 heterocycles. The third-order valence-corrected chi connectivity index (χ3v) is 6.57. The number of hydrogen-bond acceptors (Lipinski definition) is 7. The number of methoxy groups -OCH3 is 3. The standard InChI is InChI=1S/C21H21N3O6S/c1-28-15-6-4-13(5-7-15)18-19(24-8-9-31(26,27)21(24)23-18)20(25)22-14-10-16(29-2)12-17(11-14)30-3/h4-7,10-12H,8-9H2,1-3H3,(H,22,25). The summed E-state index contributed by atoms with van der Waals surface area (Å²) >= 11 is 0. The molecule has 0 spiro atoms. The monoisotopic (exact) mass is 443 g/mol. The first-order valence-electron chi connectivity index (χ1n) is 9.38. The summed E-state index contributed by atoms with van der Waals surface area (Å²) in [6.45, 7) is 0.158. The third-order valence-electron chi connectivity index (χ3n) is 4.98. The zero-order valence-electron chi connectivity index (χ0n) is 17.2. The molecule has 0 bridgehead atoms. The van der Waals surface area contributed by atoms with E-state index in [1.807, 2.05) is 0 Å². The van der Waals surface area contributed by atoms with Crippen LogP contribution in [0.5, 0.6) is 17.2 Å². The van der Waals surface area contributed by atoms with Crippen molar-refractivity contribution >= 4 is 21.4 Å². The summed E-state index contributed by atoms with van der Waals surface area (Å²) < 4.78 is 42.0. The second kappa shape index (κ2) is 7.95. The topological polar surface area (TPSA) is 109 Å². The number of imidazole rings is 1. The highest BCUT2D eigenvalue weighted by molar-refractivity contribution is 7.91. The molecule has 162 valence electrons. The highest BCUT2D eigenvalue weighted by Gasteiger charge is 2.35. The van der Waals surface area contributed by atoms with Crippen molar-refractivity contribution in [2.75, 3.05) is 32.4 Å². The number of benzene rings is 2. The SMILES string of the molecule is COc1ccc(-c2nc3n(c2C(=O)Nc2cc(OC)cc(OC)c2)CCS3(=O)=O)cc1. The quantitative estimate of drug-likeness (QED) is 0.624. The summed E-state index contributed by atoms with van der Waals surface area (Å²) in [4.78, 5) is 17.6. The molecule has 1 aliphatic rings. The molecule has 31 heavy (non-hydrogen) atoms. The number of anilines is 1. The van der Waals surface area contributed by atoms with Crippen molar-refractivity contribution in [1.82, 2.24) is 9.55 Å². The lowest BCUT2D eigenvalue weighted by atomic mass is 10.1. The molecular formula is C21H21N3O6S. The molecule has 2 aromatic carbocycles. The predicted molar refractivity (Wildman–Crippen MR) is 114 cm³/mol. The lowest BCUT2D eigenvalue weighted by Crippen LogP contribution is -2.18. The number of rotatable bonds is 6. The molecule has 0 saturated carbocycles. The average molecular weight is 443 g/mol. The Balaban J connectivity index is 1.79. The van der Waals surface area contributed by atoms with Gasteiger partial charge in [0.2, 0.25) is 15.0 Å². The smallest absolute Gasteiger partial charge is 0.274 e. The van der Waals surface area contributed by atoms with Crippen molar-refractivity contribution in [3.05, 3.63) is 48.2 Å². The van der Waals surface area contributed by atoms with Gasteiger partial charge in [0.1, 0.15) is 28.6 Å². The first-order valence-corrected chi connectivity index (χ1v) is 11.0. The molecule has 0 aliphatic carbocycles. The molecule has 0 saturated heterocycles. The van der Waals surface area contributed by atoms with Crippen molar-refractivity contribution in [3.8, 4) is 28.5 Å².